The van der Waals surface area contributed by atoms with Gasteiger partial charge in [0.1, 0.15) is 110 Å². The van der Waals surface area contributed by atoms with E-state index in [0.717, 1.165) is 85.0 Å². The van der Waals surface area contributed by atoms with Gasteiger partial charge in [-0.3, -0.25) is 4.79 Å². The van der Waals surface area contributed by atoms with Crippen molar-refractivity contribution in [3.63, 3.8) is 0 Å². The summed E-state index contributed by atoms with van der Waals surface area (Å²) in [4.78, 5) is 52.6. The van der Waals surface area contributed by atoms with Crippen LogP contribution in [0.15, 0.2) is 112 Å². The number of aliphatic hydroxyl groups is 11. The molecule has 4 saturated heterocycles. The molecule has 5 heterocycles. The highest BCUT2D eigenvalue weighted by molar-refractivity contribution is 5.88. The number of ether oxygens (including phenoxy) is 11. The Morgan fingerprint density at radius 2 is 0.860 bits per heavy atom. The van der Waals surface area contributed by atoms with Crippen LogP contribution in [-0.2, 0) is 52.3 Å². The maximum Gasteiger partial charge on any atom is 0.331 e. The van der Waals surface area contributed by atoms with Gasteiger partial charge in [-0.15, -0.1) is 0 Å². The van der Waals surface area contributed by atoms with Crippen molar-refractivity contribution < 1.29 is 168 Å². The predicted octanol–water partition coefficient (Wildman–Crippen LogP) is -2.15. The number of aliphatic hydroxyl groups excluding tert-OH is 11. The Bertz CT molecular complexity index is 4040. The molecule has 0 aromatic heterocycles. The van der Waals surface area contributed by atoms with Gasteiger partial charge in [-0.05, 0) is 89.5 Å². The summed E-state index contributed by atoms with van der Waals surface area (Å²) in [5.41, 5.74) is -1.09. The van der Waals surface area contributed by atoms with Gasteiger partial charge in [0, 0.05) is 35.9 Å². The Morgan fingerprint density at radius 3 is 1.33 bits per heavy atom. The molecular formula is C65H66O35. The number of hydrogen-bond acceptors (Lipinski definition) is 35. The first-order chi connectivity index (χ1) is 47.5. The van der Waals surface area contributed by atoms with Gasteiger partial charge in [0.05, 0.1) is 18.8 Å². The van der Waals surface area contributed by atoms with Crippen LogP contribution in [-0.4, -0.2) is 258 Å². The number of carbonyl (C=O) groups is 3. The Labute approximate surface area is 561 Å². The van der Waals surface area contributed by atoms with Gasteiger partial charge in [-0.1, -0.05) is 18.2 Å². The lowest BCUT2D eigenvalue weighted by molar-refractivity contribution is -0.290. The highest BCUT2D eigenvalue weighted by Gasteiger charge is 2.51. The Kier molecular flexibility index (Phi) is 22.7. The van der Waals surface area contributed by atoms with Crippen molar-refractivity contribution in [2.24, 2.45) is 0 Å². The van der Waals surface area contributed by atoms with Crippen LogP contribution >= 0.6 is 0 Å². The zero-order valence-corrected chi connectivity index (χ0v) is 51.4. The smallest absolute Gasteiger partial charge is 0.331 e. The molecule has 0 unspecified atom stereocenters. The third-order valence-electron chi connectivity index (χ3n) is 16.0. The minimum atomic E-state index is -2.23. The van der Waals surface area contributed by atoms with E-state index in [1.54, 1.807) is 0 Å². The van der Waals surface area contributed by atoms with E-state index >= 15 is 0 Å². The van der Waals surface area contributed by atoms with Crippen LogP contribution in [0, 0.1) is 0 Å². The first kappa shape index (κ1) is 72.8. The summed E-state index contributed by atoms with van der Waals surface area (Å²) in [7, 11) is 0. The molecule has 100 heavy (non-hydrogen) atoms. The Hall–Kier alpha value is -9.90. The number of benzene rings is 5. The minimum Gasteiger partial charge on any atom is -0.504 e. The lowest BCUT2D eigenvalue weighted by atomic mass is 9.99. The zero-order chi connectivity index (χ0) is 72.1. The molecule has 0 radical (unpaired) electrons. The second-order valence-electron chi connectivity index (χ2n) is 23.0. The second kappa shape index (κ2) is 31.1. The largest absolute Gasteiger partial charge is 0.504 e. The molecular weight excluding hydrogens is 1340 g/mol. The standard InChI is InChI=1S/C65H66O35/c66-21-42-53(82)61(100-48(77)12-6-27-3-9-33(69)37(73)15-27)65(96-42)91-24-45-52(81)56(85)59(88)64(99-45)95-41-20-30-34(70)18-29(92-62-57(86)54(83)50(79)43(97-62)22-89-46(75)10-4-25-1-7-31(67)35(71)13-25)19-39(30)93-60(41)28-16-38(74)49(78)40(17-28)94-63-58(87)55(84)51(80)44(98-63)23-90-47(76)11-5-26-2-8-32(68)36(72)14-26/h1-20,42-45,50-59,61-69,71-74,78-88H,21-24H2/t42-,43+,44+,45+,50+,51+,52+,53-,54-,55-,56-,57+,58+,59+,61+,62+,63+,64+,65+/m0/s1. The minimum absolute atomic E-state index is 0.232. The summed E-state index contributed by atoms with van der Waals surface area (Å²) in [5, 5.41) is 202. The van der Waals surface area contributed by atoms with Gasteiger partial charge < -0.3 is 154 Å². The van der Waals surface area contributed by atoms with Gasteiger partial charge in [0.15, 0.2) is 75.3 Å². The monoisotopic (exact) mass is 1410 g/mol. The molecule has 0 amide bonds. The van der Waals surface area contributed by atoms with Gasteiger partial charge in [-0.25, -0.2) is 14.4 Å². The fourth-order valence-electron chi connectivity index (χ4n) is 10.5. The number of phenolic OH excluding ortho intramolecular Hbond substituents is 8. The molecule has 1 aliphatic carbocycles. The number of hydrogen-bond donors (Lipinski definition) is 19. The Morgan fingerprint density at radius 1 is 0.420 bits per heavy atom. The van der Waals surface area contributed by atoms with Gasteiger partial charge in [0.2, 0.25) is 24.6 Å². The number of fused-ring (bicyclic) bond motifs is 1. The van der Waals surface area contributed by atoms with Crippen LogP contribution in [0.1, 0.15) is 16.7 Å². The van der Waals surface area contributed by atoms with Crippen molar-refractivity contribution >= 4 is 36.1 Å². The zero-order valence-electron chi connectivity index (χ0n) is 51.4. The highest BCUT2D eigenvalue weighted by atomic mass is 16.8. The third-order valence-corrected chi connectivity index (χ3v) is 16.0. The average molecular weight is 1410 g/mol. The van der Waals surface area contributed by atoms with E-state index in [-0.39, 0.29) is 16.7 Å². The fraction of sp³-hybridized carbons (Fsp3) is 0.354. The van der Waals surface area contributed by atoms with Crippen LogP contribution in [0.2, 0.25) is 0 Å². The number of aromatic hydroxyl groups is 8. The molecule has 0 bridgehead atoms. The summed E-state index contributed by atoms with van der Waals surface area (Å²) < 4.78 is 68.4. The van der Waals surface area contributed by atoms with E-state index in [4.69, 9.17) is 56.5 Å². The van der Waals surface area contributed by atoms with E-state index in [0.29, 0.717) is 0 Å². The number of esters is 3. The molecule has 35 nitrogen and oxygen atoms in total. The molecule has 536 valence electrons. The topological polar surface area (TPSA) is 567 Å². The predicted molar refractivity (Wildman–Crippen MR) is 328 cm³/mol. The molecule has 0 saturated carbocycles. The maximum absolute atomic E-state index is 14.2. The van der Waals surface area contributed by atoms with Crippen LogP contribution in [0.3, 0.4) is 0 Å². The summed E-state index contributed by atoms with van der Waals surface area (Å²) in [6.45, 7) is -3.28. The molecule has 0 spiro atoms. The van der Waals surface area contributed by atoms with Crippen molar-refractivity contribution in [1.82, 2.24) is 0 Å². The normalized spacial score (nSPS) is 29.2. The van der Waals surface area contributed by atoms with Crippen LogP contribution < -0.4 is 19.6 Å². The fourth-order valence-corrected chi connectivity index (χ4v) is 10.5. The van der Waals surface area contributed by atoms with E-state index in [1.165, 1.54) is 36.4 Å². The summed E-state index contributed by atoms with van der Waals surface area (Å²) in [6.07, 6.45) is -30.3. The third kappa shape index (κ3) is 16.5. The molecule has 4 aromatic rings. The quantitative estimate of drug-likeness (QED) is 0.0149. The van der Waals surface area contributed by atoms with E-state index in [2.05, 4.69) is 0 Å². The van der Waals surface area contributed by atoms with E-state index < -0.39 is 252 Å². The summed E-state index contributed by atoms with van der Waals surface area (Å²) in [5.74, 6) is -11.2. The molecule has 19 atom stereocenters. The van der Waals surface area contributed by atoms with Crippen LogP contribution in [0.4, 0.5) is 0 Å². The Balaban J connectivity index is 0.928. The first-order valence-electron chi connectivity index (χ1n) is 30.0. The van der Waals surface area contributed by atoms with Crippen molar-refractivity contribution in [2.45, 2.75) is 117 Å². The number of phenols is 8. The van der Waals surface area contributed by atoms with Gasteiger partial charge in [0.25, 0.3) is 0 Å². The van der Waals surface area contributed by atoms with Crippen molar-refractivity contribution in [3.8, 4) is 85.9 Å². The average Bonchev–Trinajstić information content (AvgIpc) is 0.898. The molecule has 4 fully saturated rings. The number of rotatable bonds is 22. The van der Waals surface area contributed by atoms with Crippen molar-refractivity contribution in [3.05, 3.63) is 130 Å². The van der Waals surface area contributed by atoms with Gasteiger partial charge in [-0.2, -0.15) is 0 Å². The molecule has 5 aliphatic heterocycles. The van der Waals surface area contributed by atoms with E-state index in [1.807, 2.05) is 0 Å². The molecule has 35 heteroatoms. The summed E-state index contributed by atoms with van der Waals surface area (Å²) >= 11 is 0. The second-order valence-corrected chi connectivity index (χ2v) is 23.0. The highest BCUT2D eigenvalue weighted by Crippen LogP contribution is 2.46. The lowest BCUT2D eigenvalue weighted by Crippen LogP contribution is -2.60. The maximum atomic E-state index is 14.2. The molecule has 10 rings (SSSR count). The van der Waals surface area contributed by atoms with Crippen LogP contribution in [0.5, 0.6) is 63.2 Å². The van der Waals surface area contributed by atoms with Crippen LogP contribution in [0.25, 0.3) is 40.9 Å². The molecule has 19 N–H and O–H groups in total. The number of carbonyl (C=O) groups excluding carboxylic acids is 3. The van der Waals surface area contributed by atoms with Gasteiger partial charge >= 0.3 is 17.9 Å². The van der Waals surface area contributed by atoms with E-state index in [9.17, 15) is 116 Å². The molecule has 4 aromatic carbocycles. The SMILES string of the molecule is O=C(C=Cc1ccc(O)c(O)c1)OC[C@H]1O[C@@H](Oc2cc3oc(-c4cc(O)c(O)c(O[C@@H]5O[C@H](COC(=O)C=Cc6ccc(O)c(O)c6)[C@@H](O)[C@H](O)[C@H]5O)c4)c(O[C@@H]4O[C@H](CO[C@@H]5O[C@@H](CO)[C@H](O)[C@H]5OC(=O)C=Cc5ccc(O)c(O)c5)[C@@H](O)[C@H](O)[C@H]4O)cc-3c(=O)c2)[C@H](O)[C@@H](O)[C@@H]1O. The summed E-state index contributed by atoms with van der Waals surface area (Å²) in [6, 6.07) is 15.4. The van der Waals surface area contributed by atoms with Crippen molar-refractivity contribution in [1.29, 1.82) is 0 Å². The molecule has 6 aliphatic rings. The lowest BCUT2D eigenvalue weighted by Gasteiger charge is -2.40. The first-order valence-corrected chi connectivity index (χ1v) is 30.0. The van der Waals surface area contributed by atoms with Crippen molar-refractivity contribution in [2.75, 3.05) is 26.4 Å².